The normalized spacial score (nSPS) is 10.2. The molecule has 0 saturated heterocycles. The number of carbonyl (C=O) groups is 2. The zero-order valence-electron chi connectivity index (χ0n) is 13.7. The van der Waals surface area contributed by atoms with Gasteiger partial charge in [-0.05, 0) is 36.8 Å². The topological polar surface area (TPSA) is 87.7 Å². The fourth-order valence-electron chi connectivity index (χ4n) is 2.14. The summed E-state index contributed by atoms with van der Waals surface area (Å²) in [6, 6.07) is 11.9. The van der Waals surface area contributed by atoms with E-state index in [0.717, 1.165) is 5.56 Å². The number of rotatable bonds is 7. The van der Waals surface area contributed by atoms with Gasteiger partial charge >= 0.3 is 5.97 Å². The highest BCUT2D eigenvalue weighted by atomic mass is 35.5. The van der Waals surface area contributed by atoms with E-state index in [1.54, 1.807) is 49.4 Å². The van der Waals surface area contributed by atoms with Gasteiger partial charge in [0.1, 0.15) is 0 Å². The van der Waals surface area contributed by atoms with Crippen molar-refractivity contribution >= 4 is 34.9 Å². The minimum absolute atomic E-state index is 0.0647. The Bertz CT molecular complexity index is 764. The van der Waals surface area contributed by atoms with Crippen molar-refractivity contribution in [1.29, 1.82) is 0 Å². The van der Waals surface area contributed by atoms with Crippen LogP contribution >= 0.6 is 11.6 Å². The highest BCUT2D eigenvalue weighted by Gasteiger charge is 2.14. The summed E-state index contributed by atoms with van der Waals surface area (Å²) in [4.78, 5) is 24.2. The summed E-state index contributed by atoms with van der Waals surface area (Å²) in [5.74, 6) is -1.08. The average molecular weight is 363 g/mol. The Labute approximate surface area is 150 Å². The second-order valence-electron chi connectivity index (χ2n) is 5.23. The van der Waals surface area contributed by atoms with Crippen LogP contribution < -0.4 is 10.6 Å². The van der Waals surface area contributed by atoms with Gasteiger partial charge in [0.05, 0.1) is 12.2 Å². The molecular formula is C18H19ClN2O4. The van der Waals surface area contributed by atoms with Crippen molar-refractivity contribution in [2.45, 2.75) is 6.92 Å². The number of ether oxygens (including phenoxy) is 1. The second kappa shape index (κ2) is 9.05. The van der Waals surface area contributed by atoms with Gasteiger partial charge in [-0.1, -0.05) is 29.8 Å². The molecule has 7 heteroatoms. The van der Waals surface area contributed by atoms with E-state index in [4.69, 9.17) is 21.4 Å². The molecule has 2 aromatic carbocycles. The van der Waals surface area contributed by atoms with Crippen LogP contribution in [0.5, 0.6) is 0 Å². The van der Waals surface area contributed by atoms with Gasteiger partial charge in [0.2, 0.25) is 0 Å². The third kappa shape index (κ3) is 5.20. The molecule has 0 aromatic heterocycles. The molecule has 0 unspecified atom stereocenters. The molecule has 0 aliphatic rings. The van der Waals surface area contributed by atoms with Crippen LogP contribution in [-0.4, -0.2) is 36.7 Å². The highest BCUT2D eigenvalue weighted by molar-refractivity contribution is 6.31. The number of halogens is 1. The maximum Gasteiger partial charge on any atom is 0.340 e. The molecule has 25 heavy (non-hydrogen) atoms. The van der Waals surface area contributed by atoms with Crippen molar-refractivity contribution in [3.8, 4) is 0 Å². The smallest absolute Gasteiger partial charge is 0.340 e. The Kier molecular flexibility index (Phi) is 6.80. The lowest BCUT2D eigenvalue weighted by Gasteiger charge is -2.12. The number of para-hydroxylation sites is 1. The molecule has 0 radical (unpaired) electrons. The van der Waals surface area contributed by atoms with Gasteiger partial charge in [-0.3, -0.25) is 4.79 Å². The first-order chi connectivity index (χ1) is 12.0. The first kappa shape index (κ1) is 18.8. The summed E-state index contributed by atoms with van der Waals surface area (Å²) >= 11 is 6.00. The average Bonchev–Trinajstić information content (AvgIpc) is 2.62. The van der Waals surface area contributed by atoms with Crippen LogP contribution in [0.25, 0.3) is 0 Å². The molecule has 6 nitrogen and oxygen atoms in total. The number of hydrogen-bond acceptors (Lipinski definition) is 5. The SMILES string of the molecule is Cc1c(Cl)cccc1NC(=O)COC(=O)c1ccccc1NCCO. The van der Waals surface area contributed by atoms with Gasteiger partial charge in [-0.25, -0.2) is 4.79 Å². The molecule has 0 spiro atoms. The lowest BCUT2D eigenvalue weighted by Crippen LogP contribution is -2.22. The minimum Gasteiger partial charge on any atom is -0.452 e. The Hall–Kier alpha value is -2.57. The lowest BCUT2D eigenvalue weighted by molar-refractivity contribution is -0.119. The maximum absolute atomic E-state index is 12.2. The number of carbonyl (C=O) groups excluding carboxylic acids is 2. The number of hydrogen-bond donors (Lipinski definition) is 3. The van der Waals surface area contributed by atoms with E-state index >= 15 is 0 Å². The van der Waals surface area contributed by atoms with Crippen LogP contribution in [-0.2, 0) is 9.53 Å². The van der Waals surface area contributed by atoms with Gasteiger partial charge in [-0.2, -0.15) is 0 Å². The molecule has 132 valence electrons. The van der Waals surface area contributed by atoms with Crippen molar-refractivity contribution in [3.63, 3.8) is 0 Å². The van der Waals surface area contributed by atoms with Crippen molar-refractivity contribution in [2.24, 2.45) is 0 Å². The summed E-state index contributed by atoms with van der Waals surface area (Å²) in [5.41, 5.74) is 2.14. The summed E-state index contributed by atoms with van der Waals surface area (Å²) in [6.45, 7) is 1.61. The van der Waals surface area contributed by atoms with Crippen molar-refractivity contribution < 1.29 is 19.4 Å². The monoisotopic (exact) mass is 362 g/mol. The highest BCUT2D eigenvalue weighted by Crippen LogP contribution is 2.23. The number of amides is 1. The van der Waals surface area contributed by atoms with Gasteiger partial charge in [-0.15, -0.1) is 0 Å². The van der Waals surface area contributed by atoms with Gasteiger partial charge in [0.25, 0.3) is 5.91 Å². The van der Waals surface area contributed by atoms with Crippen LogP contribution in [0.1, 0.15) is 15.9 Å². The Morgan fingerprint density at radius 3 is 2.60 bits per heavy atom. The molecule has 0 fully saturated rings. The molecule has 3 N–H and O–H groups in total. The molecule has 0 heterocycles. The molecule has 0 aliphatic heterocycles. The zero-order valence-corrected chi connectivity index (χ0v) is 14.5. The number of esters is 1. The summed E-state index contributed by atoms with van der Waals surface area (Å²) in [5, 5.41) is 15.0. The van der Waals surface area contributed by atoms with E-state index in [1.165, 1.54) is 0 Å². The predicted octanol–water partition coefficient (Wildman–Crippen LogP) is 2.85. The van der Waals surface area contributed by atoms with Gasteiger partial charge in [0, 0.05) is 22.9 Å². The van der Waals surface area contributed by atoms with Gasteiger partial charge < -0.3 is 20.5 Å². The fourth-order valence-corrected chi connectivity index (χ4v) is 2.32. The first-order valence-corrected chi connectivity index (χ1v) is 8.06. The van der Waals surface area contributed by atoms with Crippen LogP contribution in [0.4, 0.5) is 11.4 Å². The van der Waals surface area contributed by atoms with E-state index in [9.17, 15) is 9.59 Å². The van der Waals surface area contributed by atoms with Crippen molar-refractivity contribution in [3.05, 3.63) is 58.6 Å². The predicted molar refractivity (Wildman–Crippen MR) is 97.1 cm³/mol. The van der Waals surface area contributed by atoms with E-state index in [-0.39, 0.29) is 6.61 Å². The van der Waals surface area contributed by atoms with E-state index in [1.807, 2.05) is 0 Å². The van der Waals surface area contributed by atoms with Crippen LogP contribution in [0.15, 0.2) is 42.5 Å². The molecule has 0 atom stereocenters. The number of benzene rings is 2. The fraction of sp³-hybridized carbons (Fsp3) is 0.222. The largest absolute Gasteiger partial charge is 0.452 e. The number of aliphatic hydroxyl groups excluding tert-OH is 1. The van der Waals surface area contributed by atoms with Crippen molar-refractivity contribution in [1.82, 2.24) is 0 Å². The first-order valence-electron chi connectivity index (χ1n) is 7.68. The molecule has 0 bridgehead atoms. The molecule has 0 saturated carbocycles. The Balaban J connectivity index is 1.96. The summed E-state index contributed by atoms with van der Waals surface area (Å²) in [6.07, 6.45) is 0. The maximum atomic E-state index is 12.2. The van der Waals surface area contributed by atoms with E-state index in [2.05, 4.69) is 10.6 Å². The molecule has 2 aromatic rings. The molecule has 0 aliphatic carbocycles. The van der Waals surface area contributed by atoms with Gasteiger partial charge in [0.15, 0.2) is 6.61 Å². The number of nitrogens with one attached hydrogen (secondary N) is 2. The van der Waals surface area contributed by atoms with Crippen LogP contribution in [0.2, 0.25) is 5.02 Å². The molecule has 1 amide bonds. The quantitative estimate of drug-likeness (QED) is 0.659. The number of aliphatic hydroxyl groups is 1. The molecule has 2 rings (SSSR count). The van der Waals surface area contributed by atoms with Crippen molar-refractivity contribution in [2.75, 3.05) is 30.4 Å². The van der Waals surface area contributed by atoms with E-state index in [0.29, 0.717) is 28.5 Å². The zero-order chi connectivity index (χ0) is 18.2. The van der Waals surface area contributed by atoms with Crippen LogP contribution in [0.3, 0.4) is 0 Å². The lowest BCUT2D eigenvalue weighted by atomic mass is 10.2. The summed E-state index contributed by atoms with van der Waals surface area (Å²) < 4.78 is 5.07. The molecular weight excluding hydrogens is 344 g/mol. The third-order valence-electron chi connectivity index (χ3n) is 3.45. The second-order valence-corrected chi connectivity index (χ2v) is 5.64. The third-order valence-corrected chi connectivity index (χ3v) is 3.86. The summed E-state index contributed by atoms with van der Waals surface area (Å²) in [7, 11) is 0. The van der Waals surface area contributed by atoms with E-state index < -0.39 is 18.5 Å². The Morgan fingerprint density at radius 1 is 1.12 bits per heavy atom. The van der Waals surface area contributed by atoms with Crippen LogP contribution in [0, 0.1) is 6.92 Å². The standard InChI is InChI=1S/C18H19ClN2O4/c1-12-14(19)6-4-8-15(12)21-17(23)11-25-18(24)13-5-2-3-7-16(13)20-9-10-22/h2-8,20,22H,9-11H2,1H3,(H,21,23). The minimum atomic E-state index is -0.626. The Morgan fingerprint density at radius 2 is 1.84 bits per heavy atom. The number of anilines is 2.